The smallest absolute Gasteiger partial charge is 0.229 e. The molecule has 0 radical (unpaired) electrons. The predicted octanol–water partition coefficient (Wildman–Crippen LogP) is 4.43. The van der Waals surface area contributed by atoms with Crippen molar-refractivity contribution in [1.29, 1.82) is 0 Å². The minimum atomic E-state index is -3.39. The fraction of sp³-hybridized carbons (Fsp3) is 0.192. The van der Waals surface area contributed by atoms with Crippen molar-refractivity contribution >= 4 is 38.7 Å². The van der Waals surface area contributed by atoms with Gasteiger partial charge in [-0.1, -0.05) is 6.07 Å². The van der Waals surface area contributed by atoms with Crippen LogP contribution in [0.3, 0.4) is 0 Å². The van der Waals surface area contributed by atoms with Gasteiger partial charge in [0.05, 0.1) is 35.6 Å². The first kappa shape index (κ1) is 24.0. The summed E-state index contributed by atoms with van der Waals surface area (Å²) < 4.78 is 28.3. The molecule has 1 saturated heterocycles. The third-order valence-electron chi connectivity index (χ3n) is 6.19. The van der Waals surface area contributed by atoms with Gasteiger partial charge in [0.2, 0.25) is 10.0 Å². The largest absolute Gasteiger partial charge is 0.351 e. The molecular weight excluding hydrogens is 492 g/mol. The van der Waals surface area contributed by atoms with E-state index in [1.807, 2.05) is 55.6 Å². The molecule has 0 unspecified atom stereocenters. The van der Waals surface area contributed by atoms with E-state index < -0.39 is 10.0 Å². The van der Waals surface area contributed by atoms with Crippen LogP contribution in [-0.2, 0) is 10.0 Å². The Labute approximate surface area is 216 Å². The van der Waals surface area contributed by atoms with E-state index in [-0.39, 0.29) is 12.1 Å². The molecule has 1 aliphatic heterocycles. The van der Waals surface area contributed by atoms with Crippen LogP contribution in [0.15, 0.2) is 79.3 Å². The Morgan fingerprint density at radius 3 is 2.50 bits per heavy atom. The Morgan fingerprint density at radius 2 is 1.83 bits per heavy atom. The second kappa shape index (κ2) is 9.36. The molecule has 0 saturated carbocycles. The molecule has 1 aliphatic rings. The van der Waals surface area contributed by atoms with E-state index in [0.29, 0.717) is 10.8 Å². The summed E-state index contributed by atoms with van der Waals surface area (Å²) in [5.74, 6) is 0. The number of nitrogens with one attached hydrogen (secondary N) is 2. The number of thiocarbonyl (C=S) groups is 1. The van der Waals surface area contributed by atoms with E-state index >= 15 is 0 Å². The number of benzene rings is 1. The van der Waals surface area contributed by atoms with Crippen LogP contribution in [0.1, 0.15) is 34.7 Å². The van der Waals surface area contributed by atoms with Gasteiger partial charge in [0.15, 0.2) is 5.11 Å². The van der Waals surface area contributed by atoms with E-state index in [2.05, 4.69) is 48.5 Å². The monoisotopic (exact) mass is 518 g/mol. The van der Waals surface area contributed by atoms with Gasteiger partial charge in [-0.05, 0) is 86.2 Å². The molecule has 3 aromatic heterocycles. The topological polar surface area (TPSA) is 92.2 Å². The lowest BCUT2D eigenvalue weighted by molar-refractivity contribution is 0.548. The van der Waals surface area contributed by atoms with Crippen LogP contribution in [-0.4, -0.2) is 34.3 Å². The van der Waals surface area contributed by atoms with Crippen molar-refractivity contribution in [3.05, 3.63) is 102 Å². The van der Waals surface area contributed by atoms with E-state index in [1.54, 1.807) is 18.5 Å². The van der Waals surface area contributed by atoms with Crippen LogP contribution in [0.5, 0.6) is 0 Å². The maximum atomic E-state index is 11.8. The van der Waals surface area contributed by atoms with Gasteiger partial charge in [0, 0.05) is 29.5 Å². The van der Waals surface area contributed by atoms with Gasteiger partial charge in [-0.25, -0.2) is 8.42 Å². The second-order valence-corrected chi connectivity index (χ2v) is 11.0. The molecule has 0 aliphatic carbocycles. The number of hydrogen-bond donors (Lipinski definition) is 2. The van der Waals surface area contributed by atoms with Crippen molar-refractivity contribution in [2.24, 2.45) is 0 Å². The van der Waals surface area contributed by atoms with Crippen molar-refractivity contribution < 1.29 is 8.42 Å². The fourth-order valence-electron chi connectivity index (χ4n) is 4.67. The minimum Gasteiger partial charge on any atom is -0.351 e. The van der Waals surface area contributed by atoms with Crippen LogP contribution in [0.4, 0.5) is 11.4 Å². The van der Waals surface area contributed by atoms with Crippen molar-refractivity contribution in [1.82, 2.24) is 19.9 Å². The molecule has 2 N–H and O–H groups in total. The molecule has 1 aromatic carbocycles. The fourth-order valence-corrected chi connectivity index (χ4v) is 5.65. The maximum absolute atomic E-state index is 11.8. The summed E-state index contributed by atoms with van der Waals surface area (Å²) in [5, 5.41) is 4.05. The molecule has 1 fully saturated rings. The van der Waals surface area contributed by atoms with Crippen LogP contribution in [0.2, 0.25) is 0 Å². The Bertz CT molecular complexity index is 1520. The molecule has 10 heteroatoms. The number of nitrogens with zero attached hydrogens (tertiary/aromatic N) is 4. The molecule has 184 valence electrons. The molecule has 4 heterocycles. The summed E-state index contributed by atoms with van der Waals surface area (Å²) in [7, 11) is -3.39. The first-order chi connectivity index (χ1) is 17.2. The minimum absolute atomic E-state index is 0.211. The average molecular weight is 519 g/mol. The molecule has 0 bridgehead atoms. The lowest BCUT2D eigenvalue weighted by atomic mass is 10.0. The normalized spacial score (nSPS) is 17.8. The van der Waals surface area contributed by atoms with E-state index in [1.165, 1.54) is 0 Å². The lowest BCUT2D eigenvalue weighted by Gasteiger charge is -2.29. The van der Waals surface area contributed by atoms with E-state index in [9.17, 15) is 8.42 Å². The van der Waals surface area contributed by atoms with Crippen molar-refractivity contribution in [3.63, 3.8) is 0 Å². The van der Waals surface area contributed by atoms with Crippen molar-refractivity contribution in [2.75, 3.05) is 15.9 Å². The average Bonchev–Trinajstić information content (AvgIpc) is 3.40. The zero-order valence-electron chi connectivity index (χ0n) is 20.1. The van der Waals surface area contributed by atoms with Gasteiger partial charge in [0.1, 0.15) is 6.04 Å². The van der Waals surface area contributed by atoms with Gasteiger partial charge < -0.3 is 14.8 Å². The highest BCUT2D eigenvalue weighted by Crippen LogP contribution is 2.43. The van der Waals surface area contributed by atoms with Crippen LogP contribution >= 0.6 is 12.2 Å². The summed E-state index contributed by atoms with van der Waals surface area (Å²) in [5.41, 5.74) is 6.10. The number of rotatable bonds is 6. The van der Waals surface area contributed by atoms with Gasteiger partial charge >= 0.3 is 0 Å². The molecule has 0 spiro atoms. The Kier molecular flexibility index (Phi) is 6.23. The third kappa shape index (κ3) is 4.57. The number of sulfonamides is 1. The molecular formula is C26H26N6O2S2. The second-order valence-electron chi connectivity index (χ2n) is 8.82. The summed E-state index contributed by atoms with van der Waals surface area (Å²) in [6.07, 6.45) is 6.52. The highest BCUT2D eigenvalue weighted by molar-refractivity contribution is 7.92. The zero-order chi connectivity index (χ0) is 25.4. The Hall–Kier alpha value is -3.76. The highest BCUT2D eigenvalue weighted by atomic mass is 32.2. The van der Waals surface area contributed by atoms with Crippen LogP contribution < -0.4 is 14.9 Å². The maximum Gasteiger partial charge on any atom is 0.229 e. The summed E-state index contributed by atoms with van der Waals surface area (Å²) >= 11 is 5.86. The number of pyridine rings is 2. The van der Waals surface area contributed by atoms with Gasteiger partial charge in [-0.15, -0.1) is 0 Å². The summed E-state index contributed by atoms with van der Waals surface area (Å²) in [4.78, 5) is 11.0. The molecule has 2 atom stereocenters. The predicted molar refractivity (Wildman–Crippen MR) is 146 cm³/mol. The third-order valence-corrected chi connectivity index (χ3v) is 7.10. The molecule has 0 amide bonds. The van der Waals surface area contributed by atoms with Gasteiger partial charge in [-0.3, -0.25) is 14.7 Å². The number of aromatic nitrogens is 3. The highest BCUT2D eigenvalue weighted by Gasteiger charge is 2.42. The quantitative estimate of drug-likeness (QED) is 0.365. The van der Waals surface area contributed by atoms with Crippen LogP contribution in [0, 0.1) is 13.8 Å². The number of aryl methyl sites for hydroxylation is 2. The number of anilines is 2. The Morgan fingerprint density at radius 1 is 1.00 bits per heavy atom. The summed E-state index contributed by atoms with van der Waals surface area (Å²) in [6, 6.07) is 19.1. The molecule has 5 rings (SSSR count). The van der Waals surface area contributed by atoms with E-state index in [0.717, 1.165) is 40.3 Å². The van der Waals surface area contributed by atoms with Crippen molar-refractivity contribution in [3.8, 4) is 5.69 Å². The zero-order valence-corrected chi connectivity index (χ0v) is 21.7. The molecule has 8 nitrogen and oxygen atoms in total. The first-order valence-corrected chi connectivity index (χ1v) is 13.7. The number of hydrogen-bond acceptors (Lipinski definition) is 5. The molecule has 4 aromatic rings. The van der Waals surface area contributed by atoms with Gasteiger partial charge in [-0.2, -0.15) is 0 Å². The lowest BCUT2D eigenvalue weighted by Crippen LogP contribution is -2.30. The SMILES string of the molecule is Cc1cc(N2C(=S)N[C@@H](c3ccccn3)[C@H]2c2ccc(C)n2-c2cccnc2)ccc1NS(C)(=O)=O. The Balaban J connectivity index is 1.66. The van der Waals surface area contributed by atoms with Gasteiger partial charge in [0.25, 0.3) is 0 Å². The first-order valence-electron chi connectivity index (χ1n) is 11.4. The standard InChI is InChI=1S/C26H26N6O2S2/c1-17-15-19(10-11-21(17)30-36(3,33)34)32-25(24(29-26(32)35)22-8-4-5-14-28-22)23-12-9-18(2)31(23)20-7-6-13-27-16-20/h4-16,24-25,30H,1-3H3,(H,29,35)/t24-,25+/m0/s1. The summed E-state index contributed by atoms with van der Waals surface area (Å²) in [6.45, 7) is 3.93. The molecule has 36 heavy (non-hydrogen) atoms. The van der Waals surface area contributed by atoms with E-state index in [4.69, 9.17) is 12.2 Å². The van der Waals surface area contributed by atoms with Crippen LogP contribution in [0.25, 0.3) is 5.69 Å². The van der Waals surface area contributed by atoms with Crippen molar-refractivity contribution in [2.45, 2.75) is 25.9 Å².